The van der Waals surface area contributed by atoms with E-state index in [2.05, 4.69) is 11.1 Å². The molecule has 104 valence electrons. The SMILES string of the molecule is CCSC1=NC(C)=C(C(C)=O)C(c2ccco2)C1C#N. The van der Waals surface area contributed by atoms with Crippen LogP contribution in [0.25, 0.3) is 0 Å². The van der Waals surface area contributed by atoms with Crippen molar-refractivity contribution in [2.24, 2.45) is 10.9 Å². The Balaban J connectivity index is 2.58. The molecule has 1 aliphatic rings. The molecular formula is C15H16N2O2S. The lowest BCUT2D eigenvalue weighted by Gasteiger charge is -2.27. The molecule has 2 atom stereocenters. The fourth-order valence-electron chi connectivity index (χ4n) is 2.48. The summed E-state index contributed by atoms with van der Waals surface area (Å²) in [5.41, 5.74) is 1.26. The second kappa shape index (κ2) is 6.10. The average Bonchev–Trinajstić information content (AvgIpc) is 2.91. The molecule has 0 N–H and O–H groups in total. The van der Waals surface area contributed by atoms with Gasteiger partial charge < -0.3 is 4.42 Å². The quantitative estimate of drug-likeness (QED) is 0.853. The highest BCUT2D eigenvalue weighted by atomic mass is 32.2. The van der Waals surface area contributed by atoms with Crippen LogP contribution in [0.4, 0.5) is 0 Å². The van der Waals surface area contributed by atoms with Crippen LogP contribution in [0.2, 0.25) is 0 Å². The molecule has 2 rings (SSSR count). The number of aliphatic imine (C=N–C) groups is 1. The molecule has 2 heterocycles. The fraction of sp³-hybridized carbons (Fsp3) is 0.400. The van der Waals surface area contributed by atoms with Gasteiger partial charge in [-0.1, -0.05) is 6.92 Å². The van der Waals surface area contributed by atoms with Gasteiger partial charge >= 0.3 is 0 Å². The van der Waals surface area contributed by atoms with Crippen LogP contribution in [0.15, 0.2) is 39.1 Å². The summed E-state index contributed by atoms with van der Waals surface area (Å²) in [6, 6.07) is 5.87. The lowest BCUT2D eigenvalue weighted by Crippen LogP contribution is -2.27. The molecular weight excluding hydrogens is 272 g/mol. The summed E-state index contributed by atoms with van der Waals surface area (Å²) in [6.45, 7) is 5.34. The van der Waals surface area contributed by atoms with Crippen LogP contribution < -0.4 is 0 Å². The highest BCUT2D eigenvalue weighted by Gasteiger charge is 2.38. The molecule has 20 heavy (non-hydrogen) atoms. The van der Waals surface area contributed by atoms with Crippen molar-refractivity contribution >= 4 is 22.6 Å². The minimum absolute atomic E-state index is 0.0616. The first-order chi connectivity index (χ1) is 9.60. The zero-order valence-electron chi connectivity index (χ0n) is 11.7. The van der Waals surface area contributed by atoms with Gasteiger partial charge in [0.05, 0.1) is 23.3 Å². The third-order valence-corrected chi connectivity index (χ3v) is 4.17. The summed E-state index contributed by atoms with van der Waals surface area (Å²) in [7, 11) is 0. The van der Waals surface area contributed by atoms with E-state index in [1.165, 1.54) is 6.92 Å². The summed E-state index contributed by atoms with van der Waals surface area (Å²) < 4.78 is 5.46. The van der Waals surface area contributed by atoms with Crippen molar-refractivity contribution in [3.05, 3.63) is 35.4 Å². The van der Waals surface area contributed by atoms with Crippen molar-refractivity contribution in [3.8, 4) is 6.07 Å². The molecule has 0 saturated carbocycles. The second-order valence-electron chi connectivity index (χ2n) is 4.54. The Hall–Kier alpha value is -1.80. The molecule has 0 saturated heterocycles. The second-order valence-corrected chi connectivity index (χ2v) is 5.82. The predicted octanol–water partition coefficient (Wildman–Crippen LogP) is 3.53. The molecule has 0 radical (unpaired) electrons. The van der Waals surface area contributed by atoms with Crippen molar-refractivity contribution < 1.29 is 9.21 Å². The average molecular weight is 288 g/mol. The van der Waals surface area contributed by atoms with Crippen LogP contribution in [-0.4, -0.2) is 16.6 Å². The van der Waals surface area contributed by atoms with E-state index in [9.17, 15) is 10.1 Å². The number of thioether (sulfide) groups is 1. The van der Waals surface area contributed by atoms with Crippen molar-refractivity contribution in [1.82, 2.24) is 0 Å². The number of Topliss-reactive ketones (excluding diaryl/α,β-unsaturated/α-hetero) is 1. The van der Waals surface area contributed by atoms with Crippen LogP contribution >= 0.6 is 11.8 Å². The molecule has 4 nitrogen and oxygen atoms in total. The van der Waals surface area contributed by atoms with Crippen molar-refractivity contribution in [3.63, 3.8) is 0 Å². The van der Waals surface area contributed by atoms with E-state index in [-0.39, 0.29) is 11.7 Å². The topological polar surface area (TPSA) is 66.4 Å². The minimum atomic E-state index is -0.464. The lowest BCUT2D eigenvalue weighted by molar-refractivity contribution is -0.114. The number of rotatable bonds is 3. The minimum Gasteiger partial charge on any atom is -0.469 e. The number of allylic oxidation sites excluding steroid dienone is 2. The van der Waals surface area contributed by atoms with E-state index >= 15 is 0 Å². The van der Waals surface area contributed by atoms with Crippen molar-refractivity contribution in [2.75, 3.05) is 5.75 Å². The van der Waals surface area contributed by atoms with Gasteiger partial charge in [-0.15, -0.1) is 11.8 Å². The van der Waals surface area contributed by atoms with Crippen LogP contribution in [0.1, 0.15) is 32.4 Å². The summed E-state index contributed by atoms with van der Waals surface area (Å²) in [4.78, 5) is 16.4. The van der Waals surface area contributed by atoms with Gasteiger partial charge in [-0.2, -0.15) is 5.26 Å². The van der Waals surface area contributed by atoms with Gasteiger partial charge in [0.25, 0.3) is 0 Å². The first-order valence-electron chi connectivity index (χ1n) is 6.46. The normalized spacial score (nSPS) is 22.4. The molecule has 0 fully saturated rings. The Morgan fingerprint density at radius 3 is 2.85 bits per heavy atom. The number of nitrogens with zero attached hydrogens (tertiary/aromatic N) is 2. The van der Waals surface area contributed by atoms with E-state index in [1.54, 1.807) is 24.1 Å². The van der Waals surface area contributed by atoms with Crippen LogP contribution in [-0.2, 0) is 4.79 Å². The van der Waals surface area contributed by atoms with Gasteiger partial charge in [0.15, 0.2) is 5.78 Å². The molecule has 1 aromatic rings. The standard InChI is InChI=1S/C15H16N2O2S/c1-4-20-15-11(8-16)14(12-6-5-7-19-12)13(10(3)18)9(2)17-15/h5-7,11,14H,4H2,1-3H3. The summed E-state index contributed by atoms with van der Waals surface area (Å²) in [6.07, 6.45) is 1.56. The summed E-state index contributed by atoms with van der Waals surface area (Å²) >= 11 is 1.54. The van der Waals surface area contributed by atoms with E-state index < -0.39 is 5.92 Å². The van der Waals surface area contributed by atoms with Crippen LogP contribution in [0.3, 0.4) is 0 Å². The zero-order valence-corrected chi connectivity index (χ0v) is 12.5. The van der Waals surface area contributed by atoms with Crippen LogP contribution in [0, 0.1) is 17.2 Å². The van der Waals surface area contributed by atoms with Gasteiger partial charge in [0, 0.05) is 11.3 Å². The lowest BCUT2D eigenvalue weighted by atomic mass is 9.80. The van der Waals surface area contributed by atoms with Gasteiger partial charge in [-0.25, -0.2) is 4.99 Å². The smallest absolute Gasteiger partial charge is 0.158 e. The molecule has 0 aromatic carbocycles. The predicted molar refractivity (Wildman–Crippen MR) is 79.5 cm³/mol. The monoisotopic (exact) mass is 288 g/mol. The van der Waals surface area contributed by atoms with Gasteiger partial charge in [-0.05, 0) is 31.7 Å². The molecule has 0 amide bonds. The first kappa shape index (κ1) is 14.6. The highest BCUT2D eigenvalue weighted by Crippen LogP contribution is 2.41. The maximum Gasteiger partial charge on any atom is 0.158 e. The van der Waals surface area contributed by atoms with Crippen molar-refractivity contribution in [1.29, 1.82) is 5.26 Å². The van der Waals surface area contributed by atoms with Crippen LogP contribution in [0.5, 0.6) is 0 Å². The fourth-order valence-corrected chi connectivity index (χ4v) is 3.34. The van der Waals surface area contributed by atoms with Gasteiger partial charge in [-0.3, -0.25) is 4.79 Å². The molecule has 0 spiro atoms. The van der Waals surface area contributed by atoms with E-state index in [0.29, 0.717) is 17.0 Å². The van der Waals surface area contributed by atoms with E-state index in [1.807, 2.05) is 19.9 Å². The molecule has 1 aliphatic heterocycles. The highest BCUT2D eigenvalue weighted by molar-refractivity contribution is 8.14. The third kappa shape index (κ3) is 2.56. The zero-order chi connectivity index (χ0) is 14.7. The Bertz CT molecular complexity index is 608. The third-order valence-electron chi connectivity index (χ3n) is 3.24. The Morgan fingerprint density at radius 1 is 1.60 bits per heavy atom. The largest absolute Gasteiger partial charge is 0.469 e. The van der Waals surface area contributed by atoms with Gasteiger partial charge in [0.2, 0.25) is 0 Å². The molecule has 0 aliphatic carbocycles. The number of hydrogen-bond acceptors (Lipinski definition) is 5. The number of ketones is 1. The maximum absolute atomic E-state index is 12.0. The van der Waals surface area contributed by atoms with E-state index in [0.717, 1.165) is 10.8 Å². The number of hydrogen-bond donors (Lipinski definition) is 0. The Labute approximate surface area is 122 Å². The number of carbonyl (C=O) groups is 1. The molecule has 1 aromatic heterocycles. The maximum atomic E-state index is 12.0. The van der Waals surface area contributed by atoms with Gasteiger partial charge in [0.1, 0.15) is 11.7 Å². The number of nitriles is 1. The number of carbonyl (C=O) groups excluding carboxylic acids is 1. The number of furan rings is 1. The Kier molecular flexibility index (Phi) is 4.46. The molecule has 0 bridgehead atoms. The molecule has 2 unspecified atom stereocenters. The molecule has 5 heteroatoms. The van der Waals surface area contributed by atoms with E-state index in [4.69, 9.17) is 4.42 Å². The first-order valence-corrected chi connectivity index (χ1v) is 7.44. The van der Waals surface area contributed by atoms with Crippen molar-refractivity contribution in [2.45, 2.75) is 26.7 Å². The summed E-state index contributed by atoms with van der Waals surface area (Å²) in [5.74, 6) is 0.594. The summed E-state index contributed by atoms with van der Waals surface area (Å²) in [5, 5.41) is 10.3. The Morgan fingerprint density at radius 2 is 2.35 bits per heavy atom.